The van der Waals surface area contributed by atoms with E-state index in [0.29, 0.717) is 28.0 Å². The molecule has 0 saturated carbocycles. The van der Waals surface area contributed by atoms with Gasteiger partial charge in [0.2, 0.25) is 11.8 Å². The van der Waals surface area contributed by atoms with Gasteiger partial charge in [0.25, 0.3) is 5.89 Å². The SMILES string of the molecule is Fc1c(-c2nnc(Cc3ccc(Cl)cc3)o2)nc2ccc(Cl)cn12. The van der Waals surface area contributed by atoms with E-state index >= 15 is 0 Å². The molecule has 8 heteroatoms. The zero-order chi connectivity index (χ0) is 16.7. The van der Waals surface area contributed by atoms with Crippen LogP contribution in [0.1, 0.15) is 11.5 Å². The number of hydrogen-bond donors (Lipinski definition) is 0. The summed E-state index contributed by atoms with van der Waals surface area (Å²) in [4.78, 5) is 4.17. The maximum Gasteiger partial charge on any atom is 0.271 e. The van der Waals surface area contributed by atoms with Crippen LogP contribution in [-0.4, -0.2) is 19.6 Å². The summed E-state index contributed by atoms with van der Waals surface area (Å²) in [6.07, 6.45) is 1.86. The van der Waals surface area contributed by atoms with Gasteiger partial charge in [0, 0.05) is 11.2 Å². The minimum atomic E-state index is -0.603. The van der Waals surface area contributed by atoms with Gasteiger partial charge >= 0.3 is 0 Å². The Labute approximate surface area is 145 Å². The summed E-state index contributed by atoms with van der Waals surface area (Å²) in [6.45, 7) is 0. The van der Waals surface area contributed by atoms with Crippen molar-refractivity contribution in [2.24, 2.45) is 0 Å². The van der Waals surface area contributed by atoms with Gasteiger partial charge in [-0.2, -0.15) is 4.39 Å². The smallest absolute Gasteiger partial charge is 0.271 e. The van der Waals surface area contributed by atoms with E-state index in [2.05, 4.69) is 15.2 Å². The lowest BCUT2D eigenvalue weighted by molar-refractivity contribution is 0.507. The monoisotopic (exact) mass is 362 g/mol. The molecule has 5 nitrogen and oxygen atoms in total. The lowest BCUT2D eigenvalue weighted by atomic mass is 10.1. The fourth-order valence-corrected chi connectivity index (χ4v) is 2.61. The first-order valence-electron chi connectivity index (χ1n) is 7.00. The minimum absolute atomic E-state index is 0.00729. The van der Waals surface area contributed by atoms with E-state index in [1.165, 1.54) is 10.6 Å². The lowest BCUT2D eigenvalue weighted by Gasteiger charge is -1.96. The van der Waals surface area contributed by atoms with Crippen LogP contribution in [0.4, 0.5) is 4.39 Å². The molecule has 4 rings (SSSR count). The molecule has 24 heavy (non-hydrogen) atoms. The van der Waals surface area contributed by atoms with Crippen LogP contribution < -0.4 is 0 Å². The molecule has 0 saturated heterocycles. The van der Waals surface area contributed by atoms with E-state index in [0.717, 1.165) is 5.56 Å². The van der Waals surface area contributed by atoms with Crippen LogP contribution in [0, 0.1) is 5.95 Å². The molecule has 0 spiro atoms. The van der Waals surface area contributed by atoms with Gasteiger partial charge in [-0.3, -0.25) is 4.40 Å². The van der Waals surface area contributed by atoms with Gasteiger partial charge in [-0.1, -0.05) is 35.3 Å². The molecule has 0 aliphatic heterocycles. The van der Waals surface area contributed by atoms with Crippen molar-refractivity contribution in [3.63, 3.8) is 0 Å². The van der Waals surface area contributed by atoms with Crippen molar-refractivity contribution in [3.8, 4) is 11.6 Å². The number of fused-ring (bicyclic) bond motifs is 1. The Morgan fingerprint density at radius 2 is 1.75 bits per heavy atom. The summed E-state index contributed by atoms with van der Waals surface area (Å²) < 4.78 is 21.3. The summed E-state index contributed by atoms with van der Waals surface area (Å²) in [5.74, 6) is -0.215. The van der Waals surface area contributed by atoms with Crippen molar-refractivity contribution < 1.29 is 8.81 Å². The number of halogens is 3. The molecule has 0 atom stereocenters. The number of hydrogen-bond acceptors (Lipinski definition) is 4. The second kappa shape index (κ2) is 5.89. The highest BCUT2D eigenvalue weighted by molar-refractivity contribution is 6.30. The number of benzene rings is 1. The van der Waals surface area contributed by atoms with Crippen LogP contribution in [-0.2, 0) is 6.42 Å². The topological polar surface area (TPSA) is 56.2 Å². The quantitative estimate of drug-likeness (QED) is 0.541. The molecule has 0 radical (unpaired) electrons. The maximum atomic E-state index is 14.5. The first-order valence-corrected chi connectivity index (χ1v) is 7.76. The Morgan fingerprint density at radius 3 is 2.54 bits per heavy atom. The number of pyridine rings is 1. The van der Waals surface area contributed by atoms with Gasteiger partial charge in [0.05, 0.1) is 11.4 Å². The van der Waals surface area contributed by atoms with Crippen LogP contribution >= 0.6 is 23.2 Å². The van der Waals surface area contributed by atoms with Crippen LogP contribution in [0.25, 0.3) is 17.2 Å². The molecule has 0 unspecified atom stereocenters. The predicted molar refractivity (Wildman–Crippen MR) is 87.7 cm³/mol. The molecular weight excluding hydrogens is 354 g/mol. The normalized spacial score (nSPS) is 11.3. The molecule has 0 amide bonds. The molecule has 0 fully saturated rings. The fraction of sp³-hybridized carbons (Fsp3) is 0.0625. The molecule has 1 aromatic carbocycles. The summed E-state index contributed by atoms with van der Waals surface area (Å²) in [6, 6.07) is 10.5. The molecule has 0 aliphatic rings. The van der Waals surface area contributed by atoms with Crippen molar-refractivity contribution in [1.82, 2.24) is 19.6 Å². The average Bonchev–Trinajstić information content (AvgIpc) is 3.15. The van der Waals surface area contributed by atoms with Crippen LogP contribution in [0.3, 0.4) is 0 Å². The van der Waals surface area contributed by atoms with Crippen LogP contribution in [0.5, 0.6) is 0 Å². The zero-order valence-corrected chi connectivity index (χ0v) is 13.6. The zero-order valence-electron chi connectivity index (χ0n) is 12.1. The summed E-state index contributed by atoms with van der Waals surface area (Å²) >= 11 is 11.7. The first kappa shape index (κ1) is 15.1. The molecule has 0 aliphatic carbocycles. The van der Waals surface area contributed by atoms with Crippen molar-refractivity contribution in [1.29, 1.82) is 0 Å². The summed E-state index contributed by atoms with van der Waals surface area (Å²) in [7, 11) is 0. The highest BCUT2D eigenvalue weighted by atomic mass is 35.5. The van der Waals surface area contributed by atoms with Crippen molar-refractivity contribution in [2.45, 2.75) is 6.42 Å². The molecular formula is C16H9Cl2FN4O. The molecule has 4 aromatic rings. The Bertz CT molecular complexity index is 1030. The third-order valence-electron chi connectivity index (χ3n) is 3.46. The molecule has 0 bridgehead atoms. The van der Waals surface area contributed by atoms with Crippen molar-refractivity contribution >= 4 is 28.8 Å². The Balaban J connectivity index is 1.67. The number of aromatic nitrogens is 4. The highest BCUT2D eigenvalue weighted by Gasteiger charge is 2.19. The van der Waals surface area contributed by atoms with E-state index in [9.17, 15) is 4.39 Å². The standard InChI is InChI=1S/C16H9Cl2FN4O/c17-10-3-1-9(2-4-10)7-13-21-22-16(24-13)14-15(19)23-8-11(18)5-6-12(23)20-14/h1-6,8H,7H2. The fourth-order valence-electron chi connectivity index (χ4n) is 2.32. The highest BCUT2D eigenvalue weighted by Crippen LogP contribution is 2.24. The van der Waals surface area contributed by atoms with Gasteiger partial charge in [-0.25, -0.2) is 4.98 Å². The lowest BCUT2D eigenvalue weighted by Crippen LogP contribution is -1.88. The summed E-state index contributed by atoms with van der Waals surface area (Å²) in [5.41, 5.74) is 1.35. The van der Waals surface area contributed by atoms with Crippen LogP contribution in [0.15, 0.2) is 47.0 Å². The number of rotatable bonds is 3. The number of imidazole rings is 1. The third-order valence-corrected chi connectivity index (χ3v) is 3.94. The van der Waals surface area contributed by atoms with E-state index < -0.39 is 5.95 Å². The molecule has 120 valence electrons. The molecule has 3 heterocycles. The van der Waals surface area contributed by atoms with Gasteiger partial charge < -0.3 is 4.42 Å². The number of nitrogens with zero attached hydrogens (tertiary/aromatic N) is 4. The van der Waals surface area contributed by atoms with Gasteiger partial charge in [-0.05, 0) is 29.8 Å². The second-order valence-corrected chi connectivity index (χ2v) is 6.00. The Kier molecular flexibility index (Phi) is 3.70. The maximum absolute atomic E-state index is 14.5. The predicted octanol–water partition coefficient (Wildman–Crippen LogP) is 4.42. The third kappa shape index (κ3) is 2.74. The van der Waals surface area contributed by atoms with Gasteiger partial charge in [0.1, 0.15) is 5.65 Å². The van der Waals surface area contributed by atoms with E-state index in [1.807, 2.05) is 12.1 Å². The van der Waals surface area contributed by atoms with Crippen LogP contribution in [0.2, 0.25) is 10.0 Å². The average molecular weight is 363 g/mol. The Hall–Kier alpha value is -2.44. The Morgan fingerprint density at radius 1 is 1.00 bits per heavy atom. The first-order chi connectivity index (χ1) is 11.6. The second-order valence-electron chi connectivity index (χ2n) is 5.13. The van der Waals surface area contributed by atoms with E-state index in [1.54, 1.807) is 24.3 Å². The van der Waals surface area contributed by atoms with Gasteiger partial charge in [0.15, 0.2) is 5.69 Å². The molecule has 0 N–H and O–H groups in total. The van der Waals surface area contributed by atoms with E-state index in [-0.39, 0.29) is 11.6 Å². The van der Waals surface area contributed by atoms with Gasteiger partial charge in [-0.15, -0.1) is 10.2 Å². The van der Waals surface area contributed by atoms with Crippen molar-refractivity contribution in [2.75, 3.05) is 0 Å². The largest absolute Gasteiger partial charge is 0.419 e. The summed E-state index contributed by atoms with van der Waals surface area (Å²) in [5, 5.41) is 8.89. The van der Waals surface area contributed by atoms with Crippen molar-refractivity contribution in [3.05, 3.63) is 70.0 Å². The van der Waals surface area contributed by atoms with E-state index in [4.69, 9.17) is 27.6 Å². The minimum Gasteiger partial charge on any atom is -0.419 e. The molecule has 3 aromatic heterocycles.